The van der Waals surface area contributed by atoms with Crippen LogP contribution in [0.3, 0.4) is 0 Å². The van der Waals surface area contributed by atoms with Gasteiger partial charge in [-0.15, -0.1) is 0 Å². The van der Waals surface area contributed by atoms with Crippen molar-refractivity contribution in [1.82, 2.24) is 10.6 Å². The molecule has 0 spiro atoms. The van der Waals surface area contributed by atoms with E-state index in [0.717, 1.165) is 77.0 Å². The van der Waals surface area contributed by atoms with E-state index in [2.05, 4.69) is 152 Å². The maximum atomic E-state index is 12.8. The minimum atomic E-state index is -1.06. The first-order chi connectivity index (χ1) is 28.5. The van der Waals surface area contributed by atoms with Gasteiger partial charge in [0.2, 0.25) is 11.8 Å². The van der Waals surface area contributed by atoms with Crippen molar-refractivity contribution in [1.29, 1.82) is 0 Å². The zero-order valence-electron chi connectivity index (χ0n) is 35.7. The standard InChI is InChI=1S/C50H76N2O6/c1-3-5-7-9-11-13-15-17-19-21-22-24-25-27-29-31-33-35-37-41-48(55)51-43-39-40-47(50(57)58-46(44-53)45-54)52-49(56)42-38-36-34-32-30-28-26-23-20-18-16-14-12-10-8-6-4-2/h5-8,11-14,17-20,22,24,26-29,32-35,46-47,53-54H,3-4,9-10,15-16,21,23,25,30-31,36-45H2,1-2H3,(H,51,55)(H,52,56). The quantitative estimate of drug-likeness (QED) is 0.0284. The first-order valence-electron chi connectivity index (χ1n) is 21.6. The Hall–Kier alpha value is -4.53. The molecule has 8 heteroatoms. The van der Waals surface area contributed by atoms with Crippen molar-refractivity contribution < 1.29 is 29.3 Å². The maximum Gasteiger partial charge on any atom is 0.329 e. The number of ether oxygens (including phenoxy) is 1. The highest BCUT2D eigenvalue weighted by Crippen LogP contribution is 2.06. The summed E-state index contributed by atoms with van der Waals surface area (Å²) in [6, 6.07) is -0.947. The number of aliphatic hydroxyl groups excluding tert-OH is 2. The largest absolute Gasteiger partial charge is 0.456 e. The molecule has 0 aromatic heterocycles. The van der Waals surface area contributed by atoms with Crippen LogP contribution in [0.4, 0.5) is 0 Å². The molecule has 58 heavy (non-hydrogen) atoms. The van der Waals surface area contributed by atoms with Gasteiger partial charge in [0.25, 0.3) is 0 Å². The lowest BCUT2D eigenvalue weighted by atomic mass is 10.1. The zero-order chi connectivity index (χ0) is 42.4. The maximum absolute atomic E-state index is 12.8. The SMILES string of the molecule is CCC=CCC=CCC=CCC=CCC=CCC=CCCC(=O)NCCCC(NC(=O)CCCC=CCC=CCC=CCC=CCC=CCC)C(=O)OC(CO)CO. The summed E-state index contributed by atoms with van der Waals surface area (Å²) in [6.07, 6.45) is 59.9. The number of carbonyl (C=O) groups excluding carboxylic acids is 3. The predicted octanol–water partition coefficient (Wildman–Crippen LogP) is 10.7. The minimum absolute atomic E-state index is 0.0849. The van der Waals surface area contributed by atoms with E-state index >= 15 is 0 Å². The number of nitrogens with one attached hydrogen (secondary N) is 2. The number of carbonyl (C=O) groups is 3. The van der Waals surface area contributed by atoms with Crippen molar-refractivity contribution in [3.05, 3.63) is 134 Å². The number of hydrogen-bond donors (Lipinski definition) is 4. The van der Waals surface area contributed by atoms with Crippen molar-refractivity contribution in [2.24, 2.45) is 0 Å². The minimum Gasteiger partial charge on any atom is -0.456 e. The number of aliphatic hydroxyl groups is 2. The third-order valence-corrected chi connectivity index (χ3v) is 8.37. The van der Waals surface area contributed by atoms with Gasteiger partial charge in [0.1, 0.15) is 12.1 Å². The molecule has 0 fully saturated rings. The third kappa shape index (κ3) is 38.3. The molecule has 1 atom stereocenters. The van der Waals surface area contributed by atoms with Gasteiger partial charge in [-0.3, -0.25) is 9.59 Å². The normalized spacial score (nSPS) is 13.5. The fraction of sp³-hybridized carbons (Fsp3) is 0.500. The molecule has 0 heterocycles. The molecule has 0 saturated carbocycles. The van der Waals surface area contributed by atoms with E-state index in [-0.39, 0.29) is 24.7 Å². The van der Waals surface area contributed by atoms with Gasteiger partial charge in [0.15, 0.2) is 0 Å². The van der Waals surface area contributed by atoms with Crippen LogP contribution in [0.25, 0.3) is 0 Å². The predicted molar refractivity (Wildman–Crippen MR) is 244 cm³/mol. The number of hydrogen-bond acceptors (Lipinski definition) is 6. The van der Waals surface area contributed by atoms with Gasteiger partial charge in [-0.2, -0.15) is 0 Å². The molecule has 4 N–H and O–H groups in total. The molecule has 0 aliphatic heterocycles. The van der Waals surface area contributed by atoms with E-state index in [0.29, 0.717) is 32.2 Å². The second kappa shape index (κ2) is 43.6. The molecule has 0 aromatic carbocycles. The summed E-state index contributed by atoms with van der Waals surface area (Å²) in [5.74, 6) is -1.08. The highest BCUT2D eigenvalue weighted by atomic mass is 16.6. The molecule has 2 amide bonds. The van der Waals surface area contributed by atoms with Gasteiger partial charge in [0.05, 0.1) is 13.2 Å². The summed E-state index contributed by atoms with van der Waals surface area (Å²) in [6.45, 7) is 3.57. The first-order valence-corrected chi connectivity index (χ1v) is 21.6. The van der Waals surface area contributed by atoms with E-state index in [9.17, 15) is 24.6 Å². The summed E-state index contributed by atoms with van der Waals surface area (Å²) in [5.41, 5.74) is 0. The lowest BCUT2D eigenvalue weighted by Gasteiger charge is -2.20. The second-order valence-electron chi connectivity index (χ2n) is 13.6. The van der Waals surface area contributed by atoms with Crippen LogP contribution in [0.1, 0.15) is 129 Å². The average molecular weight is 801 g/mol. The van der Waals surface area contributed by atoms with E-state index in [4.69, 9.17) is 4.74 Å². The van der Waals surface area contributed by atoms with E-state index < -0.39 is 31.3 Å². The van der Waals surface area contributed by atoms with Crippen molar-refractivity contribution in [2.45, 2.75) is 142 Å². The van der Waals surface area contributed by atoms with Crippen LogP contribution in [0.5, 0.6) is 0 Å². The van der Waals surface area contributed by atoms with Crippen molar-refractivity contribution in [2.75, 3.05) is 19.8 Å². The van der Waals surface area contributed by atoms with Crippen molar-refractivity contribution in [3.8, 4) is 0 Å². The lowest BCUT2D eigenvalue weighted by molar-refractivity contribution is -0.157. The fourth-order valence-corrected chi connectivity index (χ4v) is 5.12. The lowest BCUT2D eigenvalue weighted by Crippen LogP contribution is -2.44. The van der Waals surface area contributed by atoms with Crippen molar-refractivity contribution in [3.63, 3.8) is 0 Å². The number of amides is 2. The number of esters is 1. The van der Waals surface area contributed by atoms with Crippen LogP contribution in [0.2, 0.25) is 0 Å². The Morgan fingerprint density at radius 1 is 0.483 bits per heavy atom. The number of rotatable bonds is 36. The highest BCUT2D eigenvalue weighted by molar-refractivity contribution is 5.84. The molecule has 0 rings (SSSR count). The summed E-state index contributed by atoms with van der Waals surface area (Å²) in [7, 11) is 0. The summed E-state index contributed by atoms with van der Waals surface area (Å²) in [5, 5.41) is 24.3. The van der Waals surface area contributed by atoms with Crippen LogP contribution < -0.4 is 10.6 Å². The zero-order valence-corrected chi connectivity index (χ0v) is 35.7. The summed E-state index contributed by atoms with van der Waals surface area (Å²) >= 11 is 0. The van der Waals surface area contributed by atoms with Gasteiger partial charge in [-0.1, -0.05) is 148 Å². The Bertz CT molecular complexity index is 1360. The molecular weight excluding hydrogens is 725 g/mol. The molecule has 0 aliphatic carbocycles. The second-order valence-corrected chi connectivity index (χ2v) is 13.6. The Morgan fingerprint density at radius 2 is 0.862 bits per heavy atom. The van der Waals surface area contributed by atoms with Gasteiger partial charge in [-0.25, -0.2) is 4.79 Å². The van der Waals surface area contributed by atoms with Gasteiger partial charge >= 0.3 is 5.97 Å². The van der Waals surface area contributed by atoms with E-state index in [1.165, 1.54) is 0 Å². The van der Waals surface area contributed by atoms with Gasteiger partial charge < -0.3 is 25.6 Å². The number of allylic oxidation sites excluding steroid dienone is 22. The highest BCUT2D eigenvalue weighted by Gasteiger charge is 2.24. The first kappa shape index (κ1) is 53.5. The molecule has 0 radical (unpaired) electrons. The van der Waals surface area contributed by atoms with Crippen molar-refractivity contribution >= 4 is 17.8 Å². The molecular formula is C50H76N2O6. The third-order valence-electron chi connectivity index (χ3n) is 8.37. The fourth-order valence-electron chi connectivity index (χ4n) is 5.12. The molecule has 0 bridgehead atoms. The molecule has 322 valence electrons. The average Bonchev–Trinajstić information content (AvgIpc) is 3.22. The van der Waals surface area contributed by atoms with Gasteiger partial charge in [-0.05, 0) is 103 Å². The Balaban J connectivity index is 4.33. The summed E-state index contributed by atoms with van der Waals surface area (Å²) < 4.78 is 5.19. The molecule has 8 nitrogen and oxygen atoms in total. The van der Waals surface area contributed by atoms with Crippen LogP contribution >= 0.6 is 0 Å². The van der Waals surface area contributed by atoms with E-state index in [1.54, 1.807) is 0 Å². The Kier molecular flexibility index (Phi) is 40.2. The monoisotopic (exact) mass is 801 g/mol. The topological polar surface area (TPSA) is 125 Å². The van der Waals surface area contributed by atoms with Gasteiger partial charge in [0, 0.05) is 19.4 Å². The molecule has 1 unspecified atom stereocenters. The van der Waals surface area contributed by atoms with Crippen LogP contribution in [0, 0.1) is 0 Å². The Labute approximate surface area is 351 Å². The number of unbranched alkanes of at least 4 members (excludes halogenated alkanes) is 1. The van der Waals surface area contributed by atoms with Crippen LogP contribution in [0.15, 0.2) is 134 Å². The molecule has 0 aliphatic rings. The summed E-state index contributed by atoms with van der Waals surface area (Å²) in [4.78, 5) is 37.8. The molecule has 0 aromatic rings. The van der Waals surface area contributed by atoms with E-state index in [1.807, 2.05) is 6.08 Å². The smallest absolute Gasteiger partial charge is 0.329 e. The Morgan fingerprint density at radius 3 is 1.26 bits per heavy atom. The van der Waals surface area contributed by atoms with Crippen LogP contribution in [-0.4, -0.2) is 59.9 Å². The molecule has 0 saturated heterocycles. The van der Waals surface area contributed by atoms with Crippen LogP contribution in [-0.2, 0) is 19.1 Å².